The quantitative estimate of drug-likeness (QED) is 0.740. The summed E-state index contributed by atoms with van der Waals surface area (Å²) in [5.74, 6) is -0.748. The fraction of sp³-hybridized carbons (Fsp3) is 0.167. The van der Waals surface area contributed by atoms with Crippen LogP contribution in [0, 0.1) is 0 Å². The topological polar surface area (TPSA) is 22.1 Å². The highest BCUT2D eigenvalue weighted by molar-refractivity contribution is 6.42. The molecule has 1 aromatic heterocycles. The zero-order valence-electron chi connectivity index (χ0n) is 5.90. The van der Waals surface area contributed by atoms with Crippen molar-refractivity contribution >= 4 is 23.2 Å². The van der Waals surface area contributed by atoms with E-state index in [1.165, 1.54) is 6.07 Å². The smallest absolute Gasteiger partial charge is 0.386 e. The van der Waals surface area contributed by atoms with Crippen LogP contribution in [0.2, 0.25) is 10.0 Å². The lowest BCUT2D eigenvalue weighted by Gasteiger charge is -2.08. The molecule has 0 amide bonds. The van der Waals surface area contributed by atoms with Crippen LogP contribution in [0.1, 0.15) is 0 Å². The Bertz CT molecular complexity index is 315. The lowest BCUT2D eigenvalue weighted by atomic mass is 10.5. The highest BCUT2D eigenvalue weighted by Gasteiger charge is 2.33. The molecule has 72 valence electrons. The molecule has 2 nitrogen and oxygen atoms in total. The molecule has 0 saturated carbocycles. The molecule has 0 atom stereocenters. The molecule has 0 radical (unpaired) electrons. The third kappa shape index (κ3) is 2.93. The van der Waals surface area contributed by atoms with E-state index in [9.17, 15) is 13.2 Å². The van der Waals surface area contributed by atoms with Crippen molar-refractivity contribution in [3.05, 3.63) is 22.3 Å². The average Bonchev–Trinajstić information content (AvgIpc) is 1.96. The van der Waals surface area contributed by atoms with Crippen molar-refractivity contribution in [3.63, 3.8) is 0 Å². The minimum absolute atomic E-state index is 0.0454. The molecule has 0 aromatic carbocycles. The molecule has 0 aliphatic heterocycles. The summed E-state index contributed by atoms with van der Waals surface area (Å²) in [5, 5.41) is -0.405. The zero-order chi connectivity index (χ0) is 10.1. The minimum atomic E-state index is -4.82. The van der Waals surface area contributed by atoms with Crippen molar-refractivity contribution in [2.24, 2.45) is 0 Å². The van der Waals surface area contributed by atoms with Crippen LogP contribution in [0.5, 0.6) is 5.88 Å². The Hall–Kier alpha value is -0.680. The van der Waals surface area contributed by atoms with E-state index < -0.39 is 12.2 Å². The van der Waals surface area contributed by atoms with Crippen LogP contribution in [-0.2, 0) is 0 Å². The number of rotatable bonds is 1. The summed E-state index contributed by atoms with van der Waals surface area (Å²) in [4.78, 5) is 3.27. The van der Waals surface area contributed by atoms with Crippen LogP contribution >= 0.6 is 23.2 Å². The van der Waals surface area contributed by atoms with E-state index in [-0.39, 0.29) is 10.0 Å². The maximum atomic E-state index is 11.7. The van der Waals surface area contributed by atoms with Gasteiger partial charge in [-0.2, -0.15) is 0 Å². The van der Waals surface area contributed by atoms with E-state index in [1.54, 1.807) is 0 Å². The summed E-state index contributed by atoms with van der Waals surface area (Å²) in [6.07, 6.45) is -3.75. The Labute approximate surface area is 81.2 Å². The molecule has 7 heteroatoms. The molecule has 1 rings (SSSR count). The van der Waals surface area contributed by atoms with Gasteiger partial charge in [-0.1, -0.05) is 23.2 Å². The molecule has 1 heterocycles. The van der Waals surface area contributed by atoms with Gasteiger partial charge in [0.05, 0.1) is 5.02 Å². The maximum absolute atomic E-state index is 11.7. The summed E-state index contributed by atoms with van der Waals surface area (Å²) >= 11 is 10.8. The normalized spacial score (nSPS) is 11.5. The molecule has 0 N–H and O–H groups in total. The van der Waals surface area contributed by atoms with Crippen molar-refractivity contribution in [3.8, 4) is 5.88 Å². The number of ether oxygens (including phenoxy) is 1. The third-order valence-electron chi connectivity index (χ3n) is 1.02. The van der Waals surface area contributed by atoms with Gasteiger partial charge in [0.2, 0.25) is 5.88 Å². The number of aromatic nitrogens is 1. The first kappa shape index (κ1) is 10.4. The first-order valence-corrected chi connectivity index (χ1v) is 3.71. The van der Waals surface area contributed by atoms with Crippen molar-refractivity contribution in [2.45, 2.75) is 6.36 Å². The van der Waals surface area contributed by atoms with Crippen molar-refractivity contribution in [2.75, 3.05) is 0 Å². The van der Waals surface area contributed by atoms with Crippen LogP contribution in [0.3, 0.4) is 0 Å². The van der Waals surface area contributed by atoms with E-state index in [0.29, 0.717) is 0 Å². The molecule has 0 bridgehead atoms. The maximum Gasteiger partial charge on any atom is 0.574 e. The summed E-state index contributed by atoms with van der Waals surface area (Å²) in [6, 6.07) is 1.26. The second kappa shape index (κ2) is 3.59. The minimum Gasteiger partial charge on any atom is -0.386 e. The molecular formula is C6H2Cl2F3NO. The van der Waals surface area contributed by atoms with Gasteiger partial charge in [-0.05, 0) is 6.07 Å². The van der Waals surface area contributed by atoms with E-state index in [4.69, 9.17) is 23.2 Å². The van der Waals surface area contributed by atoms with Crippen LogP contribution < -0.4 is 4.74 Å². The van der Waals surface area contributed by atoms with Gasteiger partial charge in [-0.15, -0.1) is 13.2 Å². The van der Waals surface area contributed by atoms with E-state index in [1.807, 2.05) is 0 Å². The van der Waals surface area contributed by atoms with Gasteiger partial charge in [0.1, 0.15) is 5.02 Å². The first-order valence-electron chi connectivity index (χ1n) is 2.96. The van der Waals surface area contributed by atoms with Crippen LogP contribution in [0.15, 0.2) is 12.3 Å². The van der Waals surface area contributed by atoms with E-state index in [0.717, 1.165) is 6.20 Å². The Morgan fingerprint density at radius 2 is 1.92 bits per heavy atom. The highest BCUT2D eigenvalue weighted by Crippen LogP contribution is 2.32. The van der Waals surface area contributed by atoms with E-state index >= 15 is 0 Å². The predicted molar refractivity (Wildman–Crippen MR) is 40.9 cm³/mol. The second-order valence-electron chi connectivity index (χ2n) is 1.96. The Balaban J connectivity index is 2.96. The summed E-state index contributed by atoms with van der Waals surface area (Å²) in [6.45, 7) is 0. The molecule has 0 aliphatic rings. The van der Waals surface area contributed by atoms with Crippen LogP contribution in [0.4, 0.5) is 13.2 Å². The summed E-state index contributed by atoms with van der Waals surface area (Å²) in [7, 11) is 0. The van der Waals surface area contributed by atoms with Crippen LogP contribution in [0.25, 0.3) is 0 Å². The molecular weight excluding hydrogens is 230 g/mol. The second-order valence-corrected chi connectivity index (χ2v) is 2.74. The number of hydrogen-bond donors (Lipinski definition) is 0. The van der Waals surface area contributed by atoms with Gasteiger partial charge in [-0.3, -0.25) is 0 Å². The van der Waals surface area contributed by atoms with Crippen molar-refractivity contribution in [1.29, 1.82) is 0 Å². The van der Waals surface area contributed by atoms with Crippen molar-refractivity contribution < 1.29 is 17.9 Å². The third-order valence-corrected chi connectivity index (χ3v) is 1.80. The molecule has 0 saturated heterocycles. The number of pyridine rings is 1. The van der Waals surface area contributed by atoms with Gasteiger partial charge in [0, 0.05) is 6.20 Å². The zero-order valence-corrected chi connectivity index (χ0v) is 7.41. The molecule has 0 fully saturated rings. The Kier molecular flexibility index (Phi) is 2.87. The van der Waals surface area contributed by atoms with E-state index in [2.05, 4.69) is 9.72 Å². The number of alkyl halides is 3. The van der Waals surface area contributed by atoms with Crippen LogP contribution in [-0.4, -0.2) is 11.3 Å². The standard InChI is InChI=1S/C6H2Cl2F3NO/c7-3-1-2-12-5(4(3)8)13-6(9,10)11/h1-2H. The molecule has 0 aliphatic carbocycles. The Morgan fingerprint density at radius 3 is 2.46 bits per heavy atom. The largest absolute Gasteiger partial charge is 0.574 e. The summed E-state index contributed by atoms with van der Waals surface area (Å²) < 4.78 is 38.6. The van der Waals surface area contributed by atoms with Gasteiger partial charge < -0.3 is 4.74 Å². The van der Waals surface area contributed by atoms with Gasteiger partial charge in [0.15, 0.2) is 0 Å². The average molecular weight is 232 g/mol. The van der Waals surface area contributed by atoms with Gasteiger partial charge in [0.25, 0.3) is 0 Å². The monoisotopic (exact) mass is 231 g/mol. The SMILES string of the molecule is FC(F)(F)Oc1nccc(Cl)c1Cl. The first-order chi connectivity index (χ1) is 5.90. The summed E-state index contributed by atoms with van der Waals surface area (Å²) in [5.41, 5.74) is 0. The molecule has 0 unspecified atom stereocenters. The fourth-order valence-corrected chi connectivity index (χ4v) is 0.871. The molecule has 13 heavy (non-hydrogen) atoms. The number of hydrogen-bond acceptors (Lipinski definition) is 2. The Morgan fingerprint density at radius 1 is 1.31 bits per heavy atom. The van der Waals surface area contributed by atoms with Crippen molar-refractivity contribution in [1.82, 2.24) is 4.98 Å². The number of halogens is 5. The molecule has 0 spiro atoms. The van der Waals surface area contributed by atoms with Gasteiger partial charge in [-0.25, -0.2) is 4.98 Å². The predicted octanol–water partition coefficient (Wildman–Crippen LogP) is 3.29. The lowest BCUT2D eigenvalue weighted by Crippen LogP contribution is -2.18. The highest BCUT2D eigenvalue weighted by atomic mass is 35.5. The fourth-order valence-electron chi connectivity index (χ4n) is 0.583. The van der Waals surface area contributed by atoms with Gasteiger partial charge >= 0.3 is 6.36 Å². The number of nitrogens with zero attached hydrogens (tertiary/aromatic N) is 1. The molecule has 1 aromatic rings. The lowest BCUT2D eigenvalue weighted by molar-refractivity contribution is -0.276.